The molecule has 1 fully saturated rings. The van der Waals surface area contributed by atoms with Gasteiger partial charge in [0.2, 0.25) is 10.0 Å². The maximum absolute atomic E-state index is 12.2. The molecule has 0 atom stereocenters. The highest BCUT2D eigenvalue weighted by molar-refractivity contribution is 7.89. The molecule has 19 heavy (non-hydrogen) atoms. The number of nitrogens with one attached hydrogen (secondary N) is 1. The van der Waals surface area contributed by atoms with E-state index < -0.39 is 15.6 Å². The van der Waals surface area contributed by atoms with Crippen molar-refractivity contribution < 1.29 is 8.42 Å². The molecular formula is C13H26N2O2S2. The minimum atomic E-state index is -3.33. The van der Waals surface area contributed by atoms with Gasteiger partial charge in [-0.3, -0.25) is 0 Å². The van der Waals surface area contributed by atoms with Crippen LogP contribution in [-0.4, -0.2) is 24.7 Å². The topological polar surface area (TPSA) is 72.2 Å². The van der Waals surface area contributed by atoms with Crippen LogP contribution in [-0.2, 0) is 10.0 Å². The Morgan fingerprint density at radius 1 is 1.21 bits per heavy atom. The summed E-state index contributed by atoms with van der Waals surface area (Å²) in [5.41, 5.74) is 5.16. The van der Waals surface area contributed by atoms with Gasteiger partial charge < -0.3 is 5.73 Å². The smallest absolute Gasteiger partial charge is 0.212 e. The van der Waals surface area contributed by atoms with Gasteiger partial charge in [-0.25, -0.2) is 13.1 Å². The van der Waals surface area contributed by atoms with E-state index >= 15 is 0 Å². The van der Waals surface area contributed by atoms with Crippen molar-refractivity contribution in [2.75, 3.05) is 5.75 Å². The number of thiocarbonyl (C=S) groups is 1. The molecule has 0 aromatic rings. The van der Waals surface area contributed by atoms with E-state index in [9.17, 15) is 8.42 Å². The summed E-state index contributed by atoms with van der Waals surface area (Å²) in [5, 5.41) is 0. The first-order valence-electron chi connectivity index (χ1n) is 7.09. The summed E-state index contributed by atoms with van der Waals surface area (Å²) in [6.45, 7) is 3.79. The molecule has 0 radical (unpaired) electrons. The van der Waals surface area contributed by atoms with Crippen LogP contribution in [0.3, 0.4) is 0 Å². The lowest BCUT2D eigenvalue weighted by Crippen LogP contribution is -2.57. The first-order valence-corrected chi connectivity index (χ1v) is 9.15. The highest BCUT2D eigenvalue weighted by Crippen LogP contribution is 2.28. The lowest BCUT2D eigenvalue weighted by molar-refractivity contribution is 0.371. The van der Waals surface area contributed by atoms with Crippen LogP contribution in [0.15, 0.2) is 0 Å². The molecule has 0 spiro atoms. The van der Waals surface area contributed by atoms with Gasteiger partial charge in [-0.05, 0) is 18.8 Å². The standard InChI is InChI=1S/C13H26N2O2S2/c1-11(2)10-19(16,17)15-13(12(14)18)8-6-4-3-5-7-9-13/h11,15H,3-10H2,1-2H3,(H2,14,18). The van der Waals surface area contributed by atoms with E-state index in [2.05, 4.69) is 4.72 Å². The SMILES string of the molecule is CC(C)CS(=O)(=O)NC1(C(N)=S)CCCCCCC1. The van der Waals surface area contributed by atoms with E-state index in [-0.39, 0.29) is 11.7 Å². The molecule has 0 amide bonds. The minimum Gasteiger partial charge on any atom is -0.392 e. The Morgan fingerprint density at radius 2 is 1.68 bits per heavy atom. The predicted octanol–water partition coefficient (Wildman–Crippen LogP) is 2.33. The van der Waals surface area contributed by atoms with Gasteiger partial charge in [0.15, 0.2) is 0 Å². The van der Waals surface area contributed by atoms with Gasteiger partial charge in [0.25, 0.3) is 0 Å². The zero-order chi connectivity index (χ0) is 14.5. The van der Waals surface area contributed by atoms with Crippen LogP contribution in [0, 0.1) is 5.92 Å². The number of nitrogens with two attached hydrogens (primary N) is 1. The van der Waals surface area contributed by atoms with Crippen molar-refractivity contribution in [2.45, 2.75) is 64.3 Å². The van der Waals surface area contributed by atoms with Gasteiger partial charge >= 0.3 is 0 Å². The quantitative estimate of drug-likeness (QED) is 0.765. The van der Waals surface area contributed by atoms with Crippen LogP contribution in [0.5, 0.6) is 0 Å². The molecule has 1 saturated carbocycles. The van der Waals surface area contributed by atoms with Crippen LogP contribution in [0.25, 0.3) is 0 Å². The molecule has 0 unspecified atom stereocenters. The Kier molecular flexibility index (Phi) is 6.20. The summed E-state index contributed by atoms with van der Waals surface area (Å²) in [5.74, 6) is 0.214. The lowest BCUT2D eigenvalue weighted by Gasteiger charge is -2.35. The fraction of sp³-hybridized carbons (Fsp3) is 0.923. The Hall–Kier alpha value is -0.200. The van der Waals surface area contributed by atoms with Gasteiger partial charge in [-0.2, -0.15) is 0 Å². The van der Waals surface area contributed by atoms with E-state index in [1.54, 1.807) is 0 Å². The van der Waals surface area contributed by atoms with Gasteiger partial charge in [0.1, 0.15) is 0 Å². The summed E-state index contributed by atoms with van der Waals surface area (Å²) < 4.78 is 27.2. The van der Waals surface area contributed by atoms with E-state index in [4.69, 9.17) is 18.0 Å². The van der Waals surface area contributed by atoms with Crippen molar-refractivity contribution in [3.8, 4) is 0 Å². The molecule has 0 aliphatic heterocycles. The second-order valence-electron chi connectivity index (χ2n) is 5.99. The Bertz CT molecular complexity index is 397. The largest absolute Gasteiger partial charge is 0.392 e. The lowest BCUT2D eigenvalue weighted by atomic mass is 9.85. The van der Waals surface area contributed by atoms with Gasteiger partial charge in [-0.1, -0.05) is 58.2 Å². The summed E-state index contributed by atoms with van der Waals surface area (Å²) >= 11 is 5.16. The summed E-state index contributed by atoms with van der Waals surface area (Å²) in [6.07, 6.45) is 6.85. The fourth-order valence-electron chi connectivity index (χ4n) is 2.69. The Morgan fingerprint density at radius 3 is 2.11 bits per heavy atom. The first-order chi connectivity index (χ1) is 8.77. The zero-order valence-electron chi connectivity index (χ0n) is 11.9. The van der Waals surface area contributed by atoms with Crippen LogP contribution >= 0.6 is 12.2 Å². The van der Waals surface area contributed by atoms with Gasteiger partial charge in [0.05, 0.1) is 16.3 Å². The third kappa shape index (κ3) is 5.36. The van der Waals surface area contributed by atoms with E-state index in [0.717, 1.165) is 38.5 Å². The monoisotopic (exact) mass is 306 g/mol. The maximum atomic E-state index is 12.2. The van der Waals surface area contributed by atoms with Crippen molar-refractivity contribution in [2.24, 2.45) is 11.7 Å². The predicted molar refractivity (Wildman–Crippen MR) is 83.6 cm³/mol. The van der Waals surface area contributed by atoms with Crippen molar-refractivity contribution in [3.05, 3.63) is 0 Å². The second kappa shape index (κ2) is 6.99. The van der Waals surface area contributed by atoms with E-state index in [0.29, 0.717) is 4.99 Å². The number of sulfonamides is 1. The molecule has 112 valence electrons. The van der Waals surface area contributed by atoms with Crippen molar-refractivity contribution in [3.63, 3.8) is 0 Å². The molecule has 1 rings (SSSR count). The number of rotatable bonds is 5. The van der Waals surface area contributed by atoms with Crippen LogP contribution < -0.4 is 10.5 Å². The molecule has 1 aliphatic rings. The maximum Gasteiger partial charge on any atom is 0.212 e. The second-order valence-corrected chi connectivity index (χ2v) is 8.20. The average Bonchev–Trinajstić information content (AvgIpc) is 2.19. The van der Waals surface area contributed by atoms with Crippen LogP contribution in [0.4, 0.5) is 0 Å². The molecule has 3 N–H and O–H groups in total. The molecule has 0 aromatic heterocycles. The van der Waals surface area contributed by atoms with Crippen molar-refractivity contribution in [1.29, 1.82) is 0 Å². The van der Waals surface area contributed by atoms with Crippen LogP contribution in [0.2, 0.25) is 0 Å². The van der Waals surface area contributed by atoms with Gasteiger partial charge in [0, 0.05) is 0 Å². The molecular weight excluding hydrogens is 280 g/mol. The summed E-state index contributed by atoms with van der Waals surface area (Å²) in [6, 6.07) is 0. The van der Waals surface area contributed by atoms with E-state index in [1.165, 1.54) is 6.42 Å². The van der Waals surface area contributed by atoms with Gasteiger partial charge in [-0.15, -0.1) is 0 Å². The van der Waals surface area contributed by atoms with Crippen molar-refractivity contribution >= 4 is 27.2 Å². The number of hydrogen-bond donors (Lipinski definition) is 2. The highest BCUT2D eigenvalue weighted by atomic mass is 32.2. The number of hydrogen-bond acceptors (Lipinski definition) is 3. The minimum absolute atomic E-state index is 0.0921. The average molecular weight is 306 g/mol. The highest BCUT2D eigenvalue weighted by Gasteiger charge is 2.37. The third-order valence-corrected chi connectivity index (χ3v) is 5.78. The van der Waals surface area contributed by atoms with E-state index in [1.807, 2.05) is 13.8 Å². The van der Waals surface area contributed by atoms with Crippen molar-refractivity contribution in [1.82, 2.24) is 4.72 Å². The molecule has 6 heteroatoms. The third-order valence-electron chi connectivity index (χ3n) is 3.58. The molecule has 0 aromatic carbocycles. The normalized spacial score (nSPS) is 20.8. The molecule has 0 heterocycles. The zero-order valence-corrected chi connectivity index (χ0v) is 13.6. The summed E-state index contributed by atoms with van der Waals surface area (Å²) in [4.78, 5) is 0.293. The fourth-order valence-corrected chi connectivity index (χ4v) is 4.88. The first kappa shape index (κ1) is 16.9. The van der Waals surface area contributed by atoms with Crippen LogP contribution in [0.1, 0.15) is 58.8 Å². The Labute approximate surface area is 122 Å². The molecule has 4 nitrogen and oxygen atoms in total. The molecule has 0 saturated heterocycles. The Balaban J connectivity index is 2.89. The molecule has 0 bridgehead atoms. The molecule has 1 aliphatic carbocycles. The summed E-state index contributed by atoms with van der Waals surface area (Å²) in [7, 11) is -3.33.